The van der Waals surface area contributed by atoms with Gasteiger partial charge in [-0.05, 0) is 41.3 Å². The van der Waals surface area contributed by atoms with Crippen LogP contribution in [-0.4, -0.2) is 28.8 Å². The van der Waals surface area contributed by atoms with Crippen LogP contribution in [0.1, 0.15) is 22.7 Å². The number of carbonyl (C=O) groups is 2. The zero-order chi connectivity index (χ0) is 17.4. The standard InChI is InChI=1S/C19H17NO4S/c21-18(16-10-12-3-1-2-4-15(12)25-16)20-17(19(22)23)13-5-6-14-11(9-13)7-8-24-14/h1-6,9,16-17H,7-8,10H2,(H,20,21)(H,22,23). The number of carboxylic acid groups (broad SMARTS) is 1. The number of aliphatic carboxylic acids is 1. The van der Waals surface area contributed by atoms with Crippen molar-refractivity contribution in [2.45, 2.75) is 29.0 Å². The first-order valence-electron chi connectivity index (χ1n) is 8.15. The molecule has 4 rings (SSSR count). The van der Waals surface area contributed by atoms with Crippen molar-refractivity contribution >= 4 is 23.6 Å². The fraction of sp³-hybridized carbons (Fsp3) is 0.263. The quantitative estimate of drug-likeness (QED) is 0.882. The van der Waals surface area contributed by atoms with E-state index in [1.54, 1.807) is 12.1 Å². The lowest BCUT2D eigenvalue weighted by atomic mass is 10.0. The third-order valence-corrected chi connectivity index (χ3v) is 5.84. The van der Waals surface area contributed by atoms with Crippen LogP contribution >= 0.6 is 11.8 Å². The Labute approximate surface area is 149 Å². The van der Waals surface area contributed by atoms with E-state index in [4.69, 9.17) is 4.74 Å². The van der Waals surface area contributed by atoms with Crippen molar-refractivity contribution < 1.29 is 19.4 Å². The van der Waals surface area contributed by atoms with E-state index in [1.165, 1.54) is 11.8 Å². The second-order valence-electron chi connectivity index (χ2n) is 6.16. The first kappa shape index (κ1) is 16.0. The molecule has 0 bridgehead atoms. The van der Waals surface area contributed by atoms with Crippen molar-refractivity contribution in [3.05, 3.63) is 59.2 Å². The summed E-state index contributed by atoms with van der Waals surface area (Å²) in [5.74, 6) is -0.515. The first-order valence-corrected chi connectivity index (χ1v) is 9.03. The van der Waals surface area contributed by atoms with E-state index in [0.717, 1.165) is 28.2 Å². The van der Waals surface area contributed by atoms with Crippen molar-refractivity contribution in [2.75, 3.05) is 6.61 Å². The summed E-state index contributed by atoms with van der Waals surface area (Å²) in [5.41, 5.74) is 2.69. The number of thioether (sulfide) groups is 1. The summed E-state index contributed by atoms with van der Waals surface area (Å²) < 4.78 is 5.45. The number of rotatable bonds is 4. The summed E-state index contributed by atoms with van der Waals surface area (Å²) in [6.45, 7) is 0.611. The molecule has 2 aliphatic rings. The summed E-state index contributed by atoms with van der Waals surface area (Å²) in [6.07, 6.45) is 1.38. The van der Waals surface area contributed by atoms with Crippen molar-refractivity contribution in [1.82, 2.24) is 5.32 Å². The van der Waals surface area contributed by atoms with E-state index in [2.05, 4.69) is 5.32 Å². The van der Waals surface area contributed by atoms with Gasteiger partial charge in [-0.3, -0.25) is 4.79 Å². The van der Waals surface area contributed by atoms with Gasteiger partial charge in [-0.2, -0.15) is 0 Å². The molecule has 0 fully saturated rings. The highest BCUT2D eigenvalue weighted by Crippen LogP contribution is 2.37. The largest absolute Gasteiger partial charge is 0.493 e. The minimum Gasteiger partial charge on any atom is -0.493 e. The predicted octanol–water partition coefficient (Wildman–Crippen LogP) is 2.58. The van der Waals surface area contributed by atoms with Gasteiger partial charge in [0.2, 0.25) is 5.91 Å². The number of fused-ring (bicyclic) bond motifs is 2. The van der Waals surface area contributed by atoms with Crippen LogP contribution in [0.2, 0.25) is 0 Å². The number of nitrogens with one attached hydrogen (secondary N) is 1. The predicted molar refractivity (Wildman–Crippen MR) is 94.0 cm³/mol. The van der Waals surface area contributed by atoms with Gasteiger partial charge in [-0.25, -0.2) is 4.79 Å². The number of amides is 1. The van der Waals surface area contributed by atoms with Crippen LogP contribution in [0.25, 0.3) is 0 Å². The second kappa shape index (κ2) is 6.44. The molecule has 0 spiro atoms. The lowest BCUT2D eigenvalue weighted by Gasteiger charge is -2.18. The zero-order valence-electron chi connectivity index (χ0n) is 13.4. The maximum absolute atomic E-state index is 12.6. The van der Waals surface area contributed by atoms with Crippen LogP contribution in [0.3, 0.4) is 0 Å². The molecule has 2 atom stereocenters. The Morgan fingerprint density at radius 1 is 1.20 bits per heavy atom. The molecule has 2 N–H and O–H groups in total. The highest BCUT2D eigenvalue weighted by Gasteiger charge is 2.32. The van der Waals surface area contributed by atoms with Crippen molar-refractivity contribution in [3.63, 3.8) is 0 Å². The summed E-state index contributed by atoms with van der Waals surface area (Å²) >= 11 is 1.49. The van der Waals surface area contributed by atoms with Gasteiger partial charge in [-0.15, -0.1) is 11.8 Å². The highest BCUT2D eigenvalue weighted by molar-refractivity contribution is 8.01. The Hall–Kier alpha value is -2.47. The fourth-order valence-electron chi connectivity index (χ4n) is 3.24. The average Bonchev–Trinajstić information content (AvgIpc) is 3.24. The molecule has 0 saturated heterocycles. The lowest BCUT2D eigenvalue weighted by Crippen LogP contribution is -2.39. The Balaban J connectivity index is 1.51. The van der Waals surface area contributed by atoms with Crippen LogP contribution in [-0.2, 0) is 22.4 Å². The van der Waals surface area contributed by atoms with E-state index < -0.39 is 12.0 Å². The number of carboxylic acids is 1. The summed E-state index contributed by atoms with van der Waals surface area (Å²) in [4.78, 5) is 25.4. The molecule has 0 saturated carbocycles. The van der Waals surface area contributed by atoms with Crippen LogP contribution in [0, 0.1) is 0 Å². The maximum atomic E-state index is 12.6. The molecule has 128 valence electrons. The van der Waals surface area contributed by atoms with Crippen molar-refractivity contribution in [2.24, 2.45) is 0 Å². The molecule has 2 aliphatic heterocycles. The molecule has 2 heterocycles. The maximum Gasteiger partial charge on any atom is 0.330 e. The third kappa shape index (κ3) is 3.09. The number of carbonyl (C=O) groups excluding carboxylic acids is 1. The monoisotopic (exact) mass is 355 g/mol. The van der Waals surface area contributed by atoms with E-state index in [0.29, 0.717) is 18.6 Å². The molecule has 5 nitrogen and oxygen atoms in total. The Kier molecular flexibility index (Phi) is 4.13. The molecular formula is C19H17NO4S. The molecule has 0 radical (unpaired) electrons. The molecular weight excluding hydrogens is 338 g/mol. The molecule has 2 aromatic rings. The fourth-order valence-corrected chi connectivity index (χ4v) is 4.44. The van der Waals surface area contributed by atoms with Gasteiger partial charge >= 0.3 is 5.97 Å². The first-order chi connectivity index (χ1) is 12.1. The molecule has 6 heteroatoms. The average molecular weight is 355 g/mol. The van der Waals surface area contributed by atoms with E-state index in [9.17, 15) is 14.7 Å². The minimum atomic E-state index is -1.06. The van der Waals surface area contributed by atoms with Crippen LogP contribution in [0.5, 0.6) is 5.75 Å². The molecule has 2 aromatic carbocycles. The van der Waals surface area contributed by atoms with Crippen molar-refractivity contribution in [3.8, 4) is 5.75 Å². The summed E-state index contributed by atoms with van der Waals surface area (Å²) in [6, 6.07) is 12.1. The molecule has 0 aliphatic carbocycles. The highest BCUT2D eigenvalue weighted by atomic mass is 32.2. The van der Waals surface area contributed by atoms with Gasteiger partial charge in [0.25, 0.3) is 0 Å². The Morgan fingerprint density at radius 2 is 2.04 bits per heavy atom. The van der Waals surface area contributed by atoms with Gasteiger partial charge < -0.3 is 15.2 Å². The Morgan fingerprint density at radius 3 is 2.84 bits per heavy atom. The molecule has 0 aromatic heterocycles. The van der Waals surface area contributed by atoms with Gasteiger partial charge in [0.05, 0.1) is 11.9 Å². The number of hydrogen-bond acceptors (Lipinski definition) is 4. The van der Waals surface area contributed by atoms with E-state index in [-0.39, 0.29) is 11.2 Å². The van der Waals surface area contributed by atoms with Crippen LogP contribution < -0.4 is 10.1 Å². The molecule has 25 heavy (non-hydrogen) atoms. The van der Waals surface area contributed by atoms with Gasteiger partial charge in [0, 0.05) is 11.3 Å². The Bertz CT molecular complexity index is 826. The van der Waals surface area contributed by atoms with Crippen LogP contribution in [0.4, 0.5) is 0 Å². The van der Waals surface area contributed by atoms with Crippen molar-refractivity contribution in [1.29, 1.82) is 0 Å². The number of hydrogen-bond donors (Lipinski definition) is 2. The SMILES string of the molecule is O=C(NC(C(=O)O)c1ccc2c(c1)CCO2)C1Cc2ccccc2S1. The molecule has 1 amide bonds. The summed E-state index contributed by atoms with van der Waals surface area (Å²) in [7, 11) is 0. The number of ether oxygens (including phenoxy) is 1. The zero-order valence-corrected chi connectivity index (χ0v) is 14.2. The van der Waals surface area contributed by atoms with E-state index in [1.807, 2.05) is 30.3 Å². The van der Waals surface area contributed by atoms with Gasteiger partial charge in [0.1, 0.15) is 5.75 Å². The minimum absolute atomic E-state index is 0.245. The van der Waals surface area contributed by atoms with E-state index >= 15 is 0 Å². The third-order valence-electron chi connectivity index (χ3n) is 4.52. The van der Waals surface area contributed by atoms with Gasteiger partial charge in [-0.1, -0.05) is 24.3 Å². The topological polar surface area (TPSA) is 75.6 Å². The second-order valence-corrected chi connectivity index (χ2v) is 7.41. The smallest absolute Gasteiger partial charge is 0.330 e. The van der Waals surface area contributed by atoms with Crippen LogP contribution in [0.15, 0.2) is 47.4 Å². The lowest BCUT2D eigenvalue weighted by molar-refractivity contribution is -0.141. The normalized spacial score (nSPS) is 18.8. The summed E-state index contributed by atoms with van der Waals surface area (Å²) in [5, 5.41) is 12.0. The molecule has 2 unspecified atom stereocenters. The van der Waals surface area contributed by atoms with Gasteiger partial charge in [0.15, 0.2) is 6.04 Å². The number of benzene rings is 2.